The Balaban J connectivity index is 1.91. The van der Waals surface area contributed by atoms with Crippen molar-refractivity contribution in [2.45, 2.75) is 23.8 Å². The lowest BCUT2D eigenvalue weighted by Crippen LogP contribution is -2.27. The highest BCUT2D eigenvalue weighted by Gasteiger charge is 2.20. The maximum Gasteiger partial charge on any atom is 0.0610 e. The minimum absolute atomic E-state index is 0.235. The number of hydrogen-bond acceptors (Lipinski definition) is 2. The molecule has 0 saturated carbocycles. The molecular weight excluding hydrogens is 208 g/mol. The van der Waals surface area contributed by atoms with E-state index in [1.807, 2.05) is 30.3 Å². The van der Waals surface area contributed by atoms with Gasteiger partial charge < -0.3 is 4.74 Å². The second kappa shape index (κ2) is 5.42. The zero-order chi connectivity index (χ0) is 10.5. The van der Waals surface area contributed by atoms with Crippen LogP contribution in [-0.4, -0.2) is 22.7 Å². The zero-order valence-electron chi connectivity index (χ0n) is 8.72. The average Bonchev–Trinajstić information content (AvgIpc) is 2.31. The lowest BCUT2D eigenvalue weighted by molar-refractivity contribution is 0.100. The molecule has 0 bridgehead atoms. The first kappa shape index (κ1) is 10.8. The largest absolute Gasteiger partial charge is 0.380 e. The first-order chi connectivity index (χ1) is 7.36. The predicted molar refractivity (Wildman–Crippen MR) is 62.1 cm³/mol. The van der Waals surface area contributed by atoms with Crippen LogP contribution in [0.25, 0.3) is 0 Å². The van der Waals surface area contributed by atoms with Crippen molar-refractivity contribution in [2.24, 2.45) is 0 Å². The second-order valence-electron chi connectivity index (χ2n) is 3.85. The summed E-state index contributed by atoms with van der Waals surface area (Å²) in [6.45, 7) is 1.50. The molecule has 0 aliphatic carbocycles. The van der Waals surface area contributed by atoms with Gasteiger partial charge in [0, 0.05) is 23.2 Å². The Kier molecular flexibility index (Phi) is 3.92. The average molecular weight is 224 g/mol. The number of rotatable bonds is 3. The smallest absolute Gasteiger partial charge is 0.0610 e. The predicted octanol–water partition coefficient (Wildman–Crippen LogP) is 2.11. The molecule has 0 spiro atoms. The van der Waals surface area contributed by atoms with Gasteiger partial charge in [0.2, 0.25) is 0 Å². The molecule has 0 amide bonds. The molecule has 3 heteroatoms. The molecule has 1 aromatic carbocycles. The maximum absolute atomic E-state index is 12.0. The molecule has 1 fully saturated rings. The summed E-state index contributed by atoms with van der Waals surface area (Å²) in [6, 6.07) is 10.0. The van der Waals surface area contributed by atoms with Gasteiger partial charge in [-0.2, -0.15) is 0 Å². The Morgan fingerprint density at radius 3 is 2.80 bits per heavy atom. The first-order valence-electron chi connectivity index (χ1n) is 5.35. The quantitative estimate of drug-likeness (QED) is 0.786. The molecule has 1 aromatic rings. The maximum atomic E-state index is 12.0. The molecule has 1 aliphatic heterocycles. The van der Waals surface area contributed by atoms with E-state index < -0.39 is 10.8 Å². The van der Waals surface area contributed by atoms with E-state index in [1.165, 1.54) is 0 Å². The summed E-state index contributed by atoms with van der Waals surface area (Å²) in [5.74, 6) is 0.662. The summed E-state index contributed by atoms with van der Waals surface area (Å²) in [7, 11) is -0.782. The van der Waals surface area contributed by atoms with Crippen molar-refractivity contribution >= 4 is 10.8 Å². The summed E-state index contributed by atoms with van der Waals surface area (Å²) < 4.78 is 17.3. The van der Waals surface area contributed by atoms with Crippen LogP contribution in [0.4, 0.5) is 0 Å². The van der Waals surface area contributed by atoms with Crippen molar-refractivity contribution in [2.75, 3.05) is 13.2 Å². The van der Waals surface area contributed by atoms with E-state index in [9.17, 15) is 4.21 Å². The van der Waals surface area contributed by atoms with E-state index >= 15 is 0 Å². The summed E-state index contributed by atoms with van der Waals surface area (Å²) in [6.07, 6.45) is 2.09. The molecule has 2 unspecified atom stereocenters. The molecular formula is C12H16O2S. The van der Waals surface area contributed by atoms with Crippen LogP contribution in [0.3, 0.4) is 0 Å². The van der Waals surface area contributed by atoms with Gasteiger partial charge >= 0.3 is 0 Å². The normalized spacial score (nSPS) is 23.6. The Labute approximate surface area is 93.1 Å². The minimum Gasteiger partial charge on any atom is -0.380 e. The van der Waals surface area contributed by atoms with Crippen molar-refractivity contribution in [1.82, 2.24) is 0 Å². The van der Waals surface area contributed by atoms with Crippen LogP contribution in [0.5, 0.6) is 0 Å². The zero-order valence-corrected chi connectivity index (χ0v) is 9.54. The van der Waals surface area contributed by atoms with Gasteiger partial charge in [-0.3, -0.25) is 4.21 Å². The van der Waals surface area contributed by atoms with E-state index in [-0.39, 0.29) is 5.25 Å². The molecule has 82 valence electrons. The summed E-state index contributed by atoms with van der Waals surface area (Å²) in [4.78, 5) is 0. The highest BCUT2D eigenvalue weighted by atomic mass is 32.2. The van der Waals surface area contributed by atoms with Gasteiger partial charge in [0.15, 0.2) is 0 Å². The molecule has 0 aromatic heterocycles. The molecule has 2 nitrogen and oxygen atoms in total. The van der Waals surface area contributed by atoms with E-state index in [4.69, 9.17) is 4.74 Å². The molecule has 1 heterocycles. The van der Waals surface area contributed by atoms with Gasteiger partial charge in [0.05, 0.1) is 11.9 Å². The molecule has 1 aliphatic rings. The molecule has 15 heavy (non-hydrogen) atoms. The summed E-state index contributed by atoms with van der Waals surface area (Å²) >= 11 is 0. The lowest BCUT2D eigenvalue weighted by atomic mass is 10.2. The highest BCUT2D eigenvalue weighted by Crippen LogP contribution is 2.15. The number of benzene rings is 1. The first-order valence-corrected chi connectivity index (χ1v) is 6.73. The molecule has 0 N–H and O–H groups in total. The standard InChI is InChI=1S/C12H16O2S/c13-15(12-7-4-8-14-9-12)10-11-5-2-1-3-6-11/h1-3,5-6,12H,4,7-10H2. The summed E-state index contributed by atoms with van der Waals surface area (Å²) in [5.41, 5.74) is 1.15. The van der Waals surface area contributed by atoms with Gasteiger partial charge in [-0.1, -0.05) is 30.3 Å². The van der Waals surface area contributed by atoms with Gasteiger partial charge in [-0.15, -0.1) is 0 Å². The molecule has 0 radical (unpaired) electrons. The molecule has 2 atom stereocenters. The van der Waals surface area contributed by atoms with Crippen LogP contribution in [0.2, 0.25) is 0 Å². The van der Waals surface area contributed by atoms with Crippen LogP contribution >= 0.6 is 0 Å². The van der Waals surface area contributed by atoms with Crippen LogP contribution in [-0.2, 0) is 21.3 Å². The monoisotopic (exact) mass is 224 g/mol. The third kappa shape index (κ3) is 3.14. The Bertz CT molecular complexity index is 318. The fourth-order valence-corrected chi connectivity index (χ4v) is 3.21. The van der Waals surface area contributed by atoms with Gasteiger partial charge in [0.25, 0.3) is 0 Å². The third-order valence-corrected chi connectivity index (χ3v) is 4.38. The van der Waals surface area contributed by atoms with Crippen LogP contribution in [0, 0.1) is 0 Å². The van der Waals surface area contributed by atoms with Gasteiger partial charge in [-0.05, 0) is 18.4 Å². The van der Waals surface area contributed by atoms with E-state index in [0.717, 1.165) is 25.0 Å². The van der Waals surface area contributed by atoms with Gasteiger partial charge in [-0.25, -0.2) is 0 Å². The summed E-state index contributed by atoms with van der Waals surface area (Å²) in [5, 5.41) is 0.235. The molecule has 2 rings (SSSR count). The Morgan fingerprint density at radius 1 is 1.33 bits per heavy atom. The number of ether oxygens (including phenoxy) is 1. The Hall–Kier alpha value is -0.670. The van der Waals surface area contributed by atoms with Crippen LogP contribution in [0.1, 0.15) is 18.4 Å². The van der Waals surface area contributed by atoms with Gasteiger partial charge in [0.1, 0.15) is 0 Å². The number of hydrogen-bond donors (Lipinski definition) is 0. The van der Waals surface area contributed by atoms with Crippen molar-refractivity contribution in [3.63, 3.8) is 0 Å². The topological polar surface area (TPSA) is 26.3 Å². The Morgan fingerprint density at radius 2 is 2.13 bits per heavy atom. The highest BCUT2D eigenvalue weighted by molar-refractivity contribution is 7.84. The van der Waals surface area contributed by atoms with E-state index in [1.54, 1.807) is 0 Å². The van der Waals surface area contributed by atoms with E-state index in [2.05, 4.69) is 0 Å². The van der Waals surface area contributed by atoms with Crippen LogP contribution in [0.15, 0.2) is 30.3 Å². The van der Waals surface area contributed by atoms with Crippen molar-refractivity contribution in [1.29, 1.82) is 0 Å². The lowest BCUT2D eigenvalue weighted by Gasteiger charge is -2.21. The van der Waals surface area contributed by atoms with Crippen molar-refractivity contribution < 1.29 is 8.95 Å². The third-order valence-electron chi connectivity index (χ3n) is 2.64. The van der Waals surface area contributed by atoms with Crippen molar-refractivity contribution in [3.05, 3.63) is 35.9 Å². The van der Waals surface area contributed by atoms with Crippen molar-refractivity contribution in [3.8, 4) is 0 Å². The van der Waals surface area contributed by atoms with Crippen LogP contribution < -0.4 is 0 Å². The minimum atomic E-state index is -0.782. The SMILES string of the molecule is O=S(Cc1ccccc1)C1CCCOC1. The second-order valence-corrected chi connectivity index (χ2v) is 5.57. The fraction of sp³-hybridized carbons (Fsp3) is 0.500. The van der Waals surface area contributed by atoms with E-state index in [0.29, 0.717) is 12.4 Å². The fourth-order valence-electron chi connectivity index (χ4n) is 1.77. The molecule has 1 saturated heterocycles.